The second-order valence-electron chi connectivity index (χ2n) is 4.88. The van der Waals surface area contributed by atoms with Crippen molar-refractivity contribution in [1.29, 1.82) is 0 Å². The molecule has 0 heterocycles. The van der Waals surface area contributed by atoms with Gasteiger partial charge in [0.1, 0.15) is 0 Å². The van der Waals surface area contributed by atoms with Gasteiger partial charge in [-0.3, -0.25) is 0 Å². The van der Waals surface area contributed by atoms with E-state index < -0.39 is 10.0 Å². The maximum atomic E-state index is 12.0. The summed E-state index contributed by atoms with van der Waals surface area (Å²) in [5.74, 6) is 1.70. The molecule has 4 nitrogen and oxygen atoms in total. The quantitative estimate of drug-likeness (QED) is 0.647. The number of thioether (sulfide) groups is 1. The number of sulfonamides is 1. The number of nitrogens with two attached hydrogens (primary N) is 1. The molecule has 0 aliphatic heterocycles. The van der Waals surface area contributed by atoms with Crippen LogP contribution in [0, 0.1) is 5.92 Å². The summed E-state index contributed by atoms with van der Waals surface area (Å²) in [5, 5.41) is 0. The third-order valence-corrected chi connectivity index (χ3v) is 6.36. The molecule has 0 bridgehead atoms. The lowest BCUT2D eigenvalue weighted by molar-refractivity contribution is 0.586. The van der Waals surface area contributed by atoms with Gasteiger partial charge in [0, 0.05) is 16.3 Å². The SMILES string of the molecule is CNS(=O)(=O)c1cc(N)ccc1SCC1CCCC1. The third kappa shape index (κ3) is 3.64. The van der Waals surface area contributed by atoms with E-state index in [9.17, 15) is 8.42 Å². The first-order chi connectivity index (χ1) is 9.03. The zero-order chi connectivity index (χ0) is 13.9. The van der Waals surface area contributed by atoms with Crippen LogP contribution in [0.25, 0.3) is 0 Å². The molecule has 19 heavy (non-hydrogen) atoms. The number of hydrogen-bond acceptors (Lipinski definition) is 4. The summed E-state index contributed by atoms with van der Waals surface area (Å²) in [6.07, 6.45) is 5.12. The molecular weight excluding hydrogens is 280 g/mol. The molecule has 1 aromatic rings. The number of hydrogen-bond donors (Lipinski definition) is 2. The van der Waals surface area contributed by atoms with Crippen molar-refractivity contribution in [2.24, 2.45) is 5.92 Å². The summed E-state index contributed by atoms with van der Waals surface area (Å²) in [5.41, 5.74) is 6.17. The van der Waals surface area contributed by atoms with Gasteiger partial charge in [0.05, 0.1) is 4.90 Å². The molecule has 0 unspecified atom stereocenters. The molecule has 1 aliphatic carbocycles. The zero-order valence-electron chi connectivity index (χ0n) is 11.1. The molecule has 0 spiro atoms. The van der Waals surface area contributed by atoms with Gasteiger partial charge in [-0.05, 0) is 44.0 Å². The van der Waals surface area contributed by atoms with Crippen molar-refractivity contribution in [3.63, 3.8) is 0 Å². The van der Waals surface area contributed by atoms with Gasteiger partial charge in [0.25, 0.3) is 0 Å². The van der Waals surface area contributed by atoms with Gasteiger partial charge in [0.15, 0.2) is 0 Å². The minimum absolute atomic E-state index is 0.290. The van der Waals surface area contributed by atoms with E-state index in [2.05, 4.69) is 4.72 Å². The first kappa shape index (κ1) is 14.7. The maximum absolute atomic E-state index is 12.0. The predicted molar refractivity (Wildman–Crippen MR) is 79.8 cm³/mol. The van der Waals surface area contributed by atoms with Gasteiger partial charge in [-0.1, -0.05) is 12.8 Å². The molecule has 0 radical (unpaired) electrons. The minimum atomic E-state index is -3.45. The monoisotopic (exact) mass is 300 g/mol. The van der Waals surface area contributed by atoms with Crippen molar-refractivity contribution in [1.82, 2.24) is 4.72 Å². The first-order valence-electron chi connectivity index (χ1n) is 6.49. The van der Waals surface area contributed by atoms with E-state index in [0.29, 0.717) is 11.6 Å². The van der Waals surface area contributed by atoms with Gasteiger partial charge in [-0.15, -0.1) is 11.8 Å². The van der Waals surface area contributed by atoms with E-state index in [1.54, 1.807) is 23.9 Å². The fourth-order valence-electron chi connectivity index (χ4n) is 2.35. The molecule has 1 aliphatic rings. The number of anilines is 1. The molecule has 3 N–H and O–H groups in total. The Hall–Kier alpha value is -0.720. The lowest BCUT2D eigenvalue weighted by Gasteiger charge is -2.12. The van der Waals surface area contributed by atoms with E-state index in [-0.39, 0.29) is 4.90 Å². The van der Waals surface area contributed by atoms with Crippen LogP contribution >= 0.6 is 11.8 Å². The Morgan fingerprint density at radius 3 is 2.68 bits per heavy atom. The molecule has 6 heteroatoms. The van der Waals surface area contributed by atoms with E-state index in [0.717, 1.165) is 10.6 Å². The first-order valence-corrected chi connectivity index (χ1v) is 8.95. The standard InChI is InChI=1S/C13H20N2O2S2/c1-15-19(16,17)13-8-11(14)6-7-12(13)18-9-10-4-2-3-5-10/h6-8,10,15H,2-5,9,14H2,1H3. The highest BCUT2D eigenvalue weighted by Gasteiger charge is 2.20. The van der Waals surface area contributed by atoms with Crippen molar-refractivity contribution in [2.75, 3.05) is 18.5 Å². The molecule has 0 amide bonds. The Bertz CT molecular complexity index is 538. The molecule has 0 atom stereocenters. The molecule has 0 aromatic heterocycles. The molecule has 2 rings (SSSR count). The van der Waals surface area contributed by atoms with Crippen LogP contribution in [0.5, 0.6) is 0 Å². The summed E-state index contributed by atoms with van der Waals surface area (Å²) < 4.78 is 26.3. The minimum Gasteiger partial charge on any atom is -0.399 e. The zero-order valence-corrected chi connectivity index (χ0v) is 12.7. The van der Waals surface area contributed by atoms with Gasteiger partial charge >= 0.3 is 0 Å². The Morgan fingerprint density at radius 1 is 1.37 bits per heavy atom. The highest BCUT2D eigenvalue weighted by Crippen LogP contribution is 2.34. The van der Waals surface area contributed by atoms with Crippen LogP contribution in [0.1, 0.15) is 25.7 Å². The van der Waals surface area contributed by atoms with E-state index in [1.807, 2.05) is 0 Å². The third-order valence-electron chi connectivity index (χ3n) is 3.48. The fourth-order valence-corrected chi connectivity index (χ4v) is 4.81. The van der Waals surface area contributed by atoms with Gasteiger partial charge in [-0.2, -0.15) is 0 Å². The second-order valence-corrected chi connectivity index (χ2v) is 7.79. The fraction of sp³-hybridized carbons (Fsp3) is 0.538. The summed E-state index contributed by atoms with van der Waals surface area (Å²) in [7, 11) is -2.03. The molecule has 1 fully saturated rings. The van der Waals surface area contributed by atoms with Gasteiger partial charge < -0.3 is 5.73 Å². The number of benzene rings is 1. The van der Waals surface area contributed by atoms with Crippen LogP contribution in [-0.4, -0.2) is 21.2 Å². The Labute approximate surface area is 119 Å². The molecule has 0 saturated heterocycles. The van der Waals surface area contributed by atoms with E-state index in [4.69, 9.17) is 5.73 Å². The van der Waals surface area contributed by atoms with Crippen LogP contribution in [-0.2, 0) is 10.0 Å². The van der Waals surface area contributed by atoms with Crippen LogP contribution in [0.4, 0.5) is 5.69 Å². The van der Waals surface area contributed by atoms with E-state index in [1.165, 1.54) is 38.8 Å². The smallest absolute Gasteiger partial charge is 0.241 e. The average Bonchev–Trinajstić information content (AvgIpc) is 2.90. The van der Waals surface area contributed by atoms with Crippen LogP contribution in [0.2, 0.25) is 0 Å². The largest absolute Gasteiger partial charge is 0.399 e. The molecule has 1 aromatic carbocycles. The lowest BCUT2D eigenvalue weighted by atomic mass is 10.1. The van der Waals surface area contributed by atoms with Gasteiger partial charge in [-0.25, -0.2) is 13.1 Å². The second kappa shape index (κ2) is 6.15. The predicted octanol–water partition coefficient (Wildman–Crippen LogP) is 2.46. The van der Waals surface area contributed by atoms with Crippen molar-refractivity contribution in [2.45, 2.75) is 35.5 Å². The maximum Gasteiger partial charge on any atom is 0.241 e. The van der Waals surface area contributed by atoms with Crippen molar-refractivity contribution >= 4 is 27.5 Å². The van der Waals surface area contributed by atoms with Crippen molar-refractivity contribution < 1.29 is 8.42 Å². The van der Waals surface area contributed by atoms with Crippen LogP contribution in [0.15, 0.2) is 28.0 Å². The van der Waals surface area contributed by atoms with Crippen LogP contribution < -0.4 is 10.5 Å². The van der Waals surface area contributed by atoms with Crippen molar-refractivity contribution in [3.05, 3.63) is 18.2 Å². The molecule has 1 saturated carbocycles. The summed E-state index contributed by atoms with van der Waals surface area (Å²) in [6, 6.07) is 5.09. The topological polar surface area (TPSA) is 72.2 Å². The summed E-state index contributed by atoms with van der Waals surface area (Å²) in [4.78, 5) is 1.08. The number of rotatable bonds is 5. The summed E-state index contributed by atoms with van der Waals surface area (Å²) in [6.45, 7) is 0. The van der Waals surface area contributed by atoms with Crippen molar-refractivity contribution in [3.8, 4) is 0 Å². The number of nitrogen functional groups attached to an aromatic ring is 1. The lowest BCUT2D eigenvalue weighted by Crippen LogP contribution is -2.19. The highest BCUT2D eigenvalue weighted by molar-refractivity contribution is 8.00. The molecular formula is C13H20N2O2S2. The summed E-state index contributed by atoms with van der Waals surface area (Å²) >= 11 is 1.62. The van der Waals surface area contributed by atoms with E-state index >= 15 is 0 Å². The Balaban J connectivity index is 2.19. The Morgan fingerprint density at radius 2 is 2.05 bits per heavy atom. The number of nitrogens with one attached hydrogen (secondary N) is 1. The highest BCUT2D eigenvalue weighted by atomic mass is 32.2. The Kier molecular flexibility index (Phi) is 4.76. The van der Waals surface area contributed by atoms with Crippen LogP contribution in [0.3, 0.4) is 0 Å². The van der Waals surface area contributed by atoms with Gasteiger partial charge in [0.2, 0.25) is 10.0 Å². The average molecular weight is 300 g/mol. The normalized spacial score (nSPS) is 16.9. The molecule has 106 valence electrons.